The van der Waals surface area contributed by atoms with Crippen LogP contribution in [-0.4, -0.2) is 75.6 Å². The largest absolute Gasteiger partial charge is 0.472 e. The number of unbranched alkanes of at least 4 members (excludes halogenated alkanes) is 19. The number of hydrogen-bond acceptors (Lipinski definition) is 6. The topological polar surface area (TPSA) is 91.3 Å². The minimum atomic E-state index is -4.28. The van der Waals surface area contributed by atoms with Crippen LogP contribution < -0.4 is 0 Å². The molecule has 8 nitrogen and oxygen atoms in total. The molecule has 0 aliphatic heterocycles. The van der Waals surface area contributed by atoms with Gasteiger partial charge in [-0.05, 0) is 64.2 Å². The van der Waals surface area contributed by atoms with E-state index in [1.807, 2.05) is 21.1 Å². The van der Waals surface area contributed by atoms with Crippen molar-refractivity contribution in [1.29, 1.82) is 0 Å². The maximum Gasteiger partial charge on any atom is 0.472 e. The molecule has 2 atom stereocenters. The molecule has 0 aromatic rings. The van der Waals surface area contributed by atoms with Crippen LogP contribution in [-0.2, 0) is 27.9 Å². The van der Waals surface area contributed by atoms with Gasteiger partial charge in [0.15, 0.2) is 0 Å². The van der Waals surface area contributed by atoms with E-state index < -0.39 is 13.9 Å². The van der Waals surface area contributed by atoms with Crippen molar-refractivity contribution in [3.05, 3.63) is 72.9 Å². The fraction of sp³-hybridized carbons (Fsp3) is 0.750. The summed E-state index contributed by atoms with van der Waals surface area (Å²) < 4.78 is 35.1. The van der Waals surface area contributed by atoms with Gasteiger partial charge in [-0.15, -0.1) is 0 Å². The summed E-state index contributed by atoms with van der Waals surface area (Å²) in [6.45, 7) is 5.50. The van der Waals surface area contributed by atoms with Gasteiger partial charge in [0.1, 0.15) is 19.3 Å². The first-order valence-electron chi connectivity index (χ1n) is 24.7. The van der Waals surface area contributed by atoms with Crippen molar-refractivity contribution in [2.75, 3.05) is 54.1 Å². The van der Waals surface area contributed by atoms with Crippen molar-refractivity contribution in [1.82, 2.24) is 0 Å². The van der Waals surface area contributed by atoms with Crippen LogP contribution in [0.2, 0.25) is 0 Å². The van der Waals surface area contributed by atoms with Crippen LogP contribution in [0, 0.1) is 0 Å². The minimum absolute atomic E-state index is 0.0832. The highest BCUT2D eigenvalue weighted by Crippen LogP contribution is 2.43. The molecule has 0 bridgehead atoms. The van der Waals surface area contributed by atoms with Crippen molar-refractivity contribution in [3.8, 4) is 0 Å². The number of carbonyl (C=O) groups excluding carboxylic acids is 1. The highest BCUT2D eigenvalue weighted by Gasteiger charge is 2.26. The van der Waals surface area contributed by atoms with Gasteiger partial charge in [0, 0.05) is 13.0 Å². The molecule has 0 saturated carbocycles. The van der Waals surface area contributed by atoms with Crippen molar-refractivity contribution in [2.45, 2.75) is 200 Å². The average molecular weight is 877 g/mol. The van der Waals surface area contributed by atoms with E-state index in [1.165, 1.54) is 89.9 Å². The molecule has 1 N–H and O–H groups in total. The molecule has 0 heterocycles. The molecule has 0 saturated heterocycles. The molecular weight excluding hydrogens is 782 g/mol. The van der Waals surface area contributed by atoms with E-state index in [4.69, 9.17) is 18.5 Å². The van der Waals surface area contributed by atoms with Gasteiger partial charge in [0.2, 0.25) is 0 Å². The molecule has 0 amide bonds. The number of phosphoric acid groups is 1. The van der Waals surface area contributed by atoms with Gasteiger partial charge in [0.05, 0.1) is 34.4 Å². The molecular formula is C52H95NO7P+. The van der Waals surface area contributed by atoms with E-state index in [0.29, 0.717) is 24.1 Å². The van der Waals surface area contributed by atoms with Crippen LogP contribution in [0.3, 0.4) is 0 Å². The Hall–Kier alpha value is -2.06. The van der Waals surface area contributed by atoms with Gasteiger partial charge in [-0.3, -0.25) is 13.8 Å². The Morgan fingerprint density at radius 1 is 0.525 bits per heavy atom. The lowest BCUT2D eigenvalue weighted by Gasteiger charge is -2.24. The first-order valence-corrected chi connectivity index (χ1v) is 26.2. The summed E-state index contributed by atoms with van der Waals surface area (Å²) in [4.78, 5) is 23.0. The molecule has 0 fully saturated rings. The number of carbonyl (C=O) groups is 1. The summed E-state index contributed by atoms with van der Waals surface area (Å²) in [6, 6.07) is 0. The van der Waals surface area contributed by atoms with Crippen LogP contribution in [0.1, 0.15) is 194 Å². The van der Waals surface area contributed by atoms with E-state index in [9.17, 15) is 14.3 Å². The van der Waals surface area contributed by atoms with Crippen LogP contribution in [0.25, 0.3) is 0 Å². The summed E-state index contributed by atoms with van der Waals surface area (Å²) in [5.74, 6) is -0.329. The molecule has 0 aliphatic carbocycles. The number of hydrogen-bond donors (Lipinski definition) is 1. The molecule has 354 valence electrons. The first-order chi connectivity index (χ1) is 29.6. The summed E-state index contributed by atoms with van der Waals surface area (Å²) in [7, 11) is 1.65. The standard InChI is InChI=1S/C52H94NO7P/c1-6-8-10-12-14-16-18-20-22-23-24-25-26-27-28-29-30-31-32-33-35-37-39-41-43-45-52(54)60-51(50-59-61(55,56)58-48-46-53(3,4)5)49-57-47-44-42-40-38-36-34-21-19-17-15-13-11-9-7-2/h8,10,14,16,20,22,24-25,27-28,30-31,51H,6-7,9,11-13,15,17-19,21,23,26,29,32-50H2,1-5H3/p+1/b10-8-,16-14-,22-20-,25-24-,28-27-,31-30-. The normalized spacial score (nSPS) is 14.3. The Labute approximate surface area is 376 Å². The van der Waals surface area contributed by atoms with E-state index in [0.717, 1.165) is 83.5 Å². The summed E-state index contributed by atoms with van der Waals surface area (Å²) in [6.07, 6.45) is 57.9. The fourth-order valence-corrected chi connectivity index (χ4v) is 7.24. The number of ether oxygens (including phenoxy) is 2. The van der Waals surface area contributed by atoms with Crippen LogP contribution in [0.15, 0.2) is 72.9 Å². The molecule has 0 radical (unpaired) electrons. The van der Waals surface area contributed by atoms with Gasteiger partial charge in [-0.2, -0.15) is 0 Å². The highest BCUT2D eigenvalue weighted by molar-refractivity contribution is 7.47. The Bertz CT molecular complexity index is 1200. The SMILES string of the molecule is CC/C=C\C/C=C\C/C=C\C/C=C\C/C=C\C/C=C\CCCCCCCCC(=O)OC(COCCCCCCCCCCCCCCCC)COP(=O)(O)OCC[N+](C)(C)C. The van der Waals surface area contributed by atoms with Gasteiger partial charge < -0.3 is 18.9 Å². The minimum Gasteiger partial charge on any atom is -0.457 e. The zero-order valence-electron chi connectivity index (χ0n) is 40.1. The van der Waals surface area contributed by atoms with Gasteiger partial charge in [0.25, 0.3) is 0 Å². The zero-order valence-corrected chi connectivity index (χ0v) is 41.0. The molecule has 0 rings (SSSR count). The Morgan fingerprint density at radius 2 is 0.951 bits per heavy atom. The number of allylic oxidation sites excluding steroid dienone is 12. The number of quaternary nitrogens is 1. The van der Waals surface area contributed by atoms with E-state index in [-0.39, 0.29) is 25.8 Å². The Balaban J connectivity index is 4.19. The van der Waals surface area contributed by atoms with E-state index >= 15 is 0 Å². The predicted octanol–water partition coefficient (Wildman–Crippen LogP) is 15.1. The van der Waals surface area contributed by atoms with Crippen LogP contribution in [0.5, 0.6) is 0 Å². The molecule has 0 spiro atoms. The first kappa shape index (κ1) is 58.9. The van der Waals surface area contributed by atoms with E-state index in [1.54, 1.807) is 0 Å². The number of likely N-dealkylation sites (N-methyl/N-ethyl adjacent to an activating group) is 1. The molecule has 0 aromatic carbocycles. The van der Waals surface area contributed by atoms with Crippen LogP contribution >= 0.6 is 7.82 Å². The number of esters is 1. The quantitative estimate of drug-likeness (QED) is 0.0214. The number of rotatable bonds is 45. The van der Waals surface area contributed by atoms with Crippen LogP contribution in [0.4, 0.5) is 0 Å². The second kappa shape index (κ2) is 44.5. The molecule has 0 aromatic heterocycles. The smallest absolute Gasteiger partial charge is 0.457 e. The van der Waals surface area contributed by atoms with Crippen molar-refractivity contribution in [3.63, 3.8) is 0 Å². The maximum absolute atomic E-state index is 12.7. The fourth-order valence-electron chi connectivity index (χ4n) is 6.50. The summed E-state index contributed by atoms with van der Waals surface area (Å²) in [5.41, 5.74) is 0. The van der Waals surface area contributed by atoms with Crippen molar-refractivity contribution < 1.29 is 37.3 Å². The summed E-state index contributed by atoms with van der Waals surface area (Å²) in [5, 5.41) is 0. The zero-order chi connectivity index (χ0) is 44.8. The molecule has 9 heteroatoms. The maximum atomic E-state index is 12.7. The monoisotopic (exact) mass is 877 g/mol. The van der Waals surface area contributed by atoms with Gasteiger partial charge >= 0.3 is 13.8 Å². The molecule has 2 unspecified atom stereocenters. The van der Waals surface area contributed by atoms with Gasteiger partial charge in [-0.25, -0.2) is 4.57 Å². The lowest BCUT2D eigenvalue weighted by atomic mass is 10.0. The average Bonchev–Trinajstić information content (AvgIpc) is 3.22. The number of nitrogens with zero attached hydrogens (tertiary/aromatic N) is 1. The molecule has 0 aliphatic rings. The van der Waals surface area contributed by atoms with Crippen molar-refractivity contribution >= 4 is 13.8 Å². The third-order valence-electron chi connectivity index (χ3n) is 10.3. The Kier molecular flexibility index (Phi) is 43.0. The van der Waals surface area contributed by atoms with Gasteiger partial charge in [-0.1, -0.05) is 196 Å². The summed E-state index contributed by atoms with van der Waals surface area (Å²) >= 11 is 0. The highest BCUT2D eigenvalue weighted by atomic mass is 31.2. The predicted molar refractivity (Wildman–Crippen MR) is 261 cm³/mol. The lowest BCUT2D eigenvalue weighted by Crippen LogP contribution is -2.37. The van der Waals surface area contributed by atoms with Crippen molar-refractivity contribution in [2.24, 2.45) is 0 Å². The lowest BCUT2D eigenvalue weighted by molar-refractivity contribution is -0.870. The van der Waals surface area contributed by atoms with E-state index in [2.05, 4.69) is 86.8 Å². The third kappa shape index (κ3) is 48.8. The number of phosphoric ester groups is 1. The second-order valence-electron chi connectivity index (χ2n) is 17.5. The second-order valence-corrected chi connectivity index (χ2v) is 18.9. The third-order valence-corrected chi connectivity index (χ3v) is 11.3. The molecule has 61 heavy (non-hydrogen) atoms. The Morgan fingerprint density at radius 3 is 1.43 bits per heavy atom.